The van der Waals surface area contributed by atoms with Crippen molar-refractivity contribution in [3.05, 3.63) is 64.5 Å². The van der Waals surface area contributed by atoms with E-state index >= 15 is 0 Å². The lowest BCUT2D eigenvalue weighted by Gasteiger charge is -2.25. The molecule has 2 aromatic carbocycles. The monoisotopic (exact) mass is 357 g/mol. The van der Waals surface area contributed by atoms with Gasteiger partial charge in [0.05, 0.1) is 0 Å². The van der Waals surface area contributed by atoms with E-state index in [9.17, 15) is 22.0 Å². The molecule has 0 aliphatic carbocycles. The van der Waals surface area contributed by atoms with E-state index in [2.05, 4.69) is 5.32 Å². The molecule has 7 heteroatoms. The van der Waals surface area contributed by atoms with Crippen molar-refractivity contribution in [1.82, 2.24) is 5.32 Å². The Hall–Kier alpha value is -2.15. The van der Waals surface area contributed by atoms with Gasteiger partial charge in [-0.2, -0.15) is 4.39 Å². The van der Waals surface area contributed by atoms with Crippen molar-refractivity contribution in [3.8, 4) is 5.75 Å². The lowest BCUT2D eigenvalue weighted by atomic mass is 9.86. The third-order valence-corrected chi connectivity index (χ3v) is 4.30. The molecule has 1 saturated heterocycles. The second-order valence-electron chi connectivity index (χ2n) is 5.95. The molecule has 1 fully saturated rings. The van der Waals surface area contributed by atoms with Crippen LogP contribution in [0.15, 0.2) is 24.3 Å². The number of hydrogen-bond donors (Lipinski definition) is 1. The molecule has 0 spiro atoms. The lowest BCUT2D eigenvalue weighted by molar-refractivity contribution is 0.264. The summed E-state index contributed by atoms with van der Waals surface area (Å²) < 4.78 is 73.5. The first-order valence-corrected chi connectivity index (χ1v) is 7.92. The first-order chi connectivity index (χ1) is 12.0. The van der Waals surface area contributed by atoms with Gasteiger partial charge in [-0.1, -0.05) is 0 Å². The maximum atomic E-state index is 14.3. The molecule has 1 aliphatic heterocycles. The molecule has 25 heavy (non-hydrogen) atoms. The van der Waals surface area contributed by atoms with Gasteiger partial charge in [0, 0.05) is 6.07 Å². The standard InChI is InChI=1S/C18H16F5NO/c19-12-7-11(9-25-18-14(21)2-1-13(20)17(18)23)16(15(22)8-12)10-3-5-24-6-4-10/h1-2,7-8,10,24H,3-6,9H2. The van der Waals surface area contributed by atoms with Crippen LogP contribution in [0, 0.1) is 29.1 Å². The van der Waals surface area contributed by atoms with Gasteiger partial charge in [-0.05, 0) is 61.2 Å². The summed E-state index contributed by atoms with van der Waals surface area (Å²) in [6.45, 7) is 0.912. The Morgan fingerprint density at radius 2 is 1.60 bits per heavy atom. The molecule has 0 amide bonds. The van der Waals surface area contributed by atoms with Crippen molar-refractivity contribution >= 4 is 0 Å². The van der Waals surface area contributed by atoms with Crippen LogP contribution in [0.1, 0.15) is 29.9 Å². The first-order valence-electron chi connectivity index (χ1n) is 7.92. The molecule has 2 aromatic rings. The molecule has 1 heterocycles. The highest BCUT2D eigenvalue weighted by molar-refractivity contribution is 5.34. The number of halogens is 5. The molecule has 0 aromatic heterocycles. The summed E-state index contributed by atoms with van der Waals surface area (Å²) in [4.78, 5) is 0. The molecular weight excluding hydrogens is 341 g/mol. The minimum Gasteiger partial charge on any atom is -0.483 e. The number of piperidine rings is 1. The summed E-state index contributed by atoms with van der Waals surface area (Å²) in [5, 5.41) is 3.15. The Morgan fingerprint density at radius 1 is 0.920 bits per heavy atom. The van der Waals surface area contributed by atoms with Crippen molar-refractivity contribution in [3.63, 3.8) is 0 Å². The zero-order chi connectivity index (χ0) is 18.0. The highest BCUT2D eigenvalue weighted by Crippen LogP contribution is 2.32. The number of nitrogens with one attached hydrogen (secondary N) is 1. The predicted octanol–water partition coefficient (Wildman–Crippen LogP) is 4.43. The van der Waals surface area contributed by atoms with E-state index in [-0.39, 0.29) is 17.0 Å². The zero-order valence-corrected chi connectivity index (χ0v) is 13.2. The average molecular weight is 357 g/mol. The lowest BCUT2D eigenvalue weighted by Crippen LogP contribution is -2.27. The van der Waals surface area contributed by atoms with Crippen molar-refractivity contribution < 1.29 is 26.7 Å². The van der Waals surface area contributed by atoms with Gasteiger partial charge in [-0.25, -0.2) is 17.6 Å². The molecule has 1 N–H and O–H groups in total. The number of rotatable bonds is 4. The van der Waals surface area contributed by atoms with Gasteiger partial charge in [0.2, 0.25) is 5.82 Å². The van der Waals surface area contributed by atoms with E-state index in [1.807, 2.05) is 0 Å². The van der Waals surface area contributed by atoms with Crippen molar-refractivity contribution in [2.75, 3.05) is 13.1 Å². The van der Waals surface area contributed by atoms with Gasteiger partial charge in [0.15, 0.2) is 17.4 Å². The quantitative estimate of drug-likeness (QED) is 0.646. The van der Waals surface area contributed by atoms with Gasteiger partial charge < -0.3 is 10.1 Å². The SMILES string of the molecule is Fc1cc(F)c(C2CCNCC2)c(COc2c(F)ccc(F)c2F)c1. The Bertz CT molecular complexity index is 775. The fourth-order valence-electron chi connectivity index (χ4n) is 3.12. The fourth-order valence-corrected chi connectivity index (χ4v) is 3.12. The Labute approximate surface area is 141 Å². The molecule has 0 unspecified atom stereocenters. The van der Waals surface area contributed by atoms with Crippen LogP contribution in [-0.4, -0.2) is 13.1 Å². The Morgan fingerprint density at radius 3 is 2.32 bits per heavy atom. The number of benzene rings is 2. The maximum Gasteiger partial charge on any atom is 0.203 e. The molecule has 0 saturated carbocycles. The molecule has 0 atom stereocenters. The normalized spacial score (nSPS) is 15.4. The van der Waals surface area contributed by atoms with E-state index in [1.165, 1.54) is 0 Å². The fraction of sp³-hybridized carbons (Fsp3) is 0.333. The van der Waals surface area contributed by atoms with Crippen LogP contribution in [0.25, 0.3) is 0 Å². The van der Waals surface area contributed by atoms with Gasteiger partial charge in [-0.15, -0.1) is 0 Å². The third-order valence-electron chi connectivity index (χ3n) is 4.30. The topological polar surface area (TPSA) is 21.3 Å². The summed E-state index contributed by atoms with van der Waals surface area (Å²) in [5.74, 6) is -6.40. The molecule has 0 bridgehead atoms. The summed E-state index contributed by atoms with van der Waals surface area (Å²) in [7, 11) is 0. The van der Waals surface area contributed by atoms with Crippen LogP contribution in [0.3, 0.4) is 0 Å². The van der Waals surface area contributed by atoms with Crippen LogP contribution in [0.5, 0.6) is 5.75 Å². The van der Waals surface area contributed by atoms with Gasteiger partial charge in [-0.3, -0.25) is 0 Å². The summed E-state index contributed by atoms with van der Waals surface area (Å²) in [6, 6.07) is 3.23. The Kier molecular flexibility index (Phi) is 5.22. The number of ether oxygens (including phenoxy) is 1. The minimum atomic E-state index is -1.47. The van der Waals surface area contributed by atoms with Crippen LogP contribution in [-0.2, 0) is 6.61 Å². The van der Waals surface area contributed by atoms with Crippen molar-refractivity contribution in [2.45, 2.75) is 25.4 Å². The minimum absolute atomic E-state index is 0.150. The van der Waals surface area contributed by atoms with E-state index in [1.54, 1.807) is 0 Å². The number of hydrogen-bond acceptors (Lipinski definition) is 2. The summed E-state index contributed by atoms with van der Waals surface area (Å²) in [5.41, 5.74) is 0.438. The predicted molar refractivity (Wildman–Crippen MR) is 81.9 cm³/mol. The first kappa shape index (κ1) is 17.7. The van der Waals surface area contributed by atoms with Gasteiger partial charge in [0.1, 0.15) is 18.2 Å². The van der Waals surface area contributed by atoms with Gasteiger partial charge >= 0.3 is 0 Å². The second kappa shape index (κ2) is 7.39. The van der Waals surface area contributed by atoms with E-state index in [0.29, 0.717) is 32.0 Å². The molecule has 0 radical (unpaired) electrons. The zero-order valence-electron chi connectivity index (χ0n) is 13.2. The molecule has 2 nitrogen and oxygen atoms in total. The molecule has 1 aliphatic rings. The summed E-state index contributed by atoms with van der Waals surface area (Å²) in [6.07, 6.45) is 1.30. The molecular formula is C18H16F5NO. The maximum absolute atomic E-state index is 14.3. The van der Waals surface area contributed by atoms with Crippen LogP contribution < -0.4 is 10.1 Å². The highest BCUT2D eigenvalue weighted by atomic mass is 19.2. The highest BCUT2D eigenvalue weighted by Gasteiger charge is 2.24. The smallest absolute Gasteiger partial charge is 0.203 e. The van der Waals surface area contributed by atoms with Gasteiger partial charge in [0.25, 0.3) is 0 Å². The van der Waals surface area contributed by atoms with Crippen LogP contribution >= 0.6 is 0 Å². The van der Waals surface area contributed by atoms with Crippen LogP contribution in [0.4, 0.5) is 22.0 Å². The van der Waals surface area contributed by atoms with Crippen molar-refractivity contribution in [2.24, 2.45) is 0 Å². The van der Waals surface area contributed by atoms with E-state index < -0.39 is 41.4 Å². The van der Waals surface area contributed by atoms with E-state index in [0.717, 1.165) is 18.2 Å². The third kappa shape index (κ3) is 3.76. The van der Waals surface area contributed by atoms with Crippen LogP contribution in [0.2, 0.25) is 0 Å². The summed E-state index contributed by atoms with van der Waals surface area (Å²) >= 11 is 0. The van der Waals surface area contributed by atoms with Crippen molar-refractivity contribution in [1.29, 1.82) is 0 Å². The molecule has 134 valence electrons. The second-order valence-corrected chi connectivity index (χ2v) is 5.95. The average Bonchev–Trinajstić information content (AvgIpc) is 2.58. The van der Waals surface area contributed by atoms with E-state index in [4.69, 9.17) is 4.74 Å². The Balaban J connectivity index is 1.91. The molecule has 3 rings (SSSR count). The largest absolute Gasteiger partial charge is 0.483 e.